The Morgan fingerprint density at radius 1 is 1.50 bits per heavy atom. The summed E-state index contributed by atoms with van der Waals surface area (Å²) in [7, 11) is -4.11. The van der Waals surface area contributed by atoms with E-state index < -0.39 is 19.6 Å². The van der Waals surface area contributed by atoms with Crippen molar-refractivity contribution in [2.24, 2.45) is 5.73 Å². The summed E-state index contributed by atoms with van der Waals surface area (Å²) in [6.07, 6.45) is -0.00564. The van der Waals surface area contributed by atoms with Gasteiger partial charge in [0.25, 0.3) is 0 Å². The van der Waals surface area contributed by atoms with Crippen molar-refractivity contribution in [2.75, 3.05) is 0 Å². The topological polar surface area (TPSA) is 110 Å². The van der Waals surface area contributed by atoms with Crippen LogP contribution in [0.2, 0.25) is 0 Å². The van der Waals surface area contributed by atoms with Crippen LogP contribution in [0.4, 0.5) is 0 Å². The van der Waals surface area contributed by atoms with Crippen LogP contribution in [0.1, 0.15) is 16.7 Å². The number of carbonyl (C=O) groups excluding carboxylic acids is 1. The molecule has 1 aliphatic rings. The number of carbonyl (C=O) groups is 1. The summed E-state index contributed by atoms with van der Waals surface area (Å²) >= 11 is 0. The molecule has 0 aliphatic carbocycles. The van der Waals surface area contributed by atoms with Gasteiger partial charge in [-0.05, 0) is 23.6 Å². The first-order valence-corrected chi connectivity index (χ1v) is 7.20. The lowest BCUT2D eigenvalue weighted by atomic mass is 9.98. The van der Waals surface area contributed by atoms with Gasteiger partial charge in [-0.25, -0.2) is 4.79 Å². The van der Waals surface area contributed by atoms with Gasteiger partial charge in [0, 0.05) is 6.42 Å². The Bertz CT molecular complexity index is 551. The highest BCUT2D eigenvalue weighted by atomic mass is 31.2. The van der Waals surface area contributed by atoms with Crippen LogP contribution in [-0.2, 0) is 21.9 Å². The number of aryl methyl sites for hydroxylation is 1. The van der Waals surface area contributed by atoms with Crippen molar-refractivity contribution in [3.8, 4) is 5.75 Å². The summed E-state index contributed by atoms with van der Waals surface area (Å²) in [5.41, 5.74) is 7.50. The SMILES string of the molecule is Cc1cc(CP(=O)(O)O)cc2c1OC(=O)C(N)C2. The largest absolute Gasteiger partial charge is 0.425 e. The molecule has 4 N–H and O–H groups in total. The molecule has 6 nitrogen and oxygen atoms in total. The lowest BCUT2D eigenvalue weighted by molar-refractivity contribution is -0.136. The van der Waals surface area contributed by atoms with Gasteiger partial charge < -0.3 is 20.3 Å². The molecule has 7 heteroatoms. The van der Waals surface area contributed by atoms with Gasteiger partial charge >= 0.3 is 13.6 Å². The van der Waals surface area contributed by atoms with E-state index >= 15 is 0 Å². The second kappa shape index (κ2) is 4.48. The predicted molar refractivity (Wildman–Crippen MR) is 64.2 cm³/mol. The predicted octanol–water partition coefficient (Wildman–Crippen LogP) is 0.462. The van der Waals surface area contributed by atoms with Crippen molar-refractivity contribution in [1.82, 2.24) is 0 Å². The number of rotatable bonds is 2. The summed E-state index contributed by atoms with van der Waals surface area (Å²) in [5.74, 6) is -0.0236. The molecular weight excluding hydrogens is 257 g/mol. The fourth-order valence-corrected chi connectivity index (χ4v) is 2.71. The lowest BCUT2D eigenvalue weighted by Crippen LogP contribution is -2.39. The average Bonchev–Trinajstić information content (AvgIpc) is 2.18. The van der Waals surface area contributed by atoms with Gasteiger partial charge in [0.2, 0.25) is 0 Å². The Kier molecular flexibility index (Phi) is 3.29. The Labute approximate surface area is 104 Å². The van der Waals surface area contributed by atoms with Crippen molar-refractivity contribution in [3.05, 3.63) is 28.8 Å². The highest BCUT2D eigenvalue weighted by Gasteiger charge is 2.27. The zero-order valence-electron chi connectivity index (χ0n) is 9.79. The molecule has 0 amide bonds. The molecule has 0 saturated heterocycles. The van der Waals surface area contributed by atoms with Gasteiger partial charge in [0.1, 0.15) is 11.8 Å². The highest BCUT2D eigenvalue weighted by molar-refractivity contribution is 7.50. The van der Waals surface area contributed by atoms with Gasteiger partial charge in [-0.2, -0.15) is 0 Å². The number of nitrogens with two attached hydrogens (primary N) is 1. The van der Waals surface area contributed by atoms with Crippen LogP contribution in [-0.4, -0.2) is 21.8 Å². The van der Waals surface area contributed by atoms with E-state index in [2.05, 4.69) is 0 Å². The first-order chi connectivity index (χ1) is 8.26. The molecule has 1 heterocycles. The van der Waals surface area contributed by atoms with E-state index in [9.17, 15) is 9.36 Å². The summed E-state index contributed by atoms with van der Waals surface area (Å²) in [5, 5.41) is 0. The van der Waals surface area contributed by atoms with E-state index in [1.54, 1.807) is 19.1 Å². The van der Waals surface area contributed by atoms with Crippen molar-refractivity contribution in [1.29, 1.82) is 0 Å². The van der Waals surface area contributed by atoms with E-state index in [1.807, 2.05) is 0 Å². The number of hydrogen-bond donors (Lipinski definition) is 3. The first kappa shape index (κ1) is 13.2. The van der Waals surface area contributed by atoms with Crippen LogP contribution in [0.5, 0.6) is 5.75 Å². The molecule has 0 saturated carbocycles. The zero-order valence-corrected chi connectivity index (χ0v) is 10.7. The zero-order chi connectivity index (χ0) is 13.5. The molecular formula is C11H14NO5P. The molecule has 0 radical (unpaired) electrons. The fraction of sp³-hybridized carbons (Fsp3) is 0.364. The summed E-state index contributed by atoms with van der Waals surface area (Å²) < 4.78 is 16.1. The van der Waals surface area contributed by atoms with Crippen molar-refractivity contribution >= 4 is 13.6 Å². The van der Waals surface area contributed by atoms with E-state index in [4.69, 9.17) is 20.3 Å². The smallest absolute Gasteiger partial charge is 0.329 e. The van der Waals surface area contributed by atoms with E-state index in [-0.39, 0.29) is 6.16 Å². The van der Waals surface area contributed by atoms with Gasteiger partial charge in [-0.3, -0.25) is 4.57 Å². The minimum atomic E-state index is -4.11. The van der Waals surface area contributed by atoms with Crippen LogP contribution < -0.4 is 10.5 Å². The molecule has 1 aromatic carbocycles. The van der Waals surface area contributed by atoms with Crippen LogP contribution in [0.15, 0.2) is 12.1 Å². The summed E-state index contributed by atoms with van der Waals surface area (Å²) in [6.45, 7) is 1.73. The molecule has 0 bridgehead atoms. The van der Waals surface area contributed by atoms with Gasteiger partial charge in [-0.15, -0.1) is 0 Å². The molecule has 18 heavy (non-hydrogen) atoms. The monoisotopic (exact) mass is 271 g/mol. The molecule has 1 aromatic rings. The molecule has 0 fully saturated rings. The quantitative estimate of drug-likeness (QED) is 0.409. The fourth-order valence-electron chi connectivity index (χ4n) is 2.05. The number of fused-ring (bicyclic) bond motifs is 1. The number of hydrogen-bond acceptors (Lipinski definition) is 4. The van der Waals surface area contributed by atoms with Crippen molar-refractivity contribution < 1.29 is 23.9 Å². The Morgan fingerprint density at radius 3 is 2.78 bits per heavy atom. The maximum absolute atomic E-state index is 11.4. The Hall–Kier alpha value is -1.20. The maximum Gasteiger partial charge on any atom is 0.329 e. The van der Waals surface area contributed by atoms with Gasteiger partial charge in [-0.1, -0.05) is 12.1 Å². The van der Waals surface area contributed by atoms with Crippen molar-refractivity contribution in [2.45, 2.75) is 25.5 Å². The highest BCUT2D eigenvalue weighted by Crippen LogP contribution is 2.41. The minimum Gasteiger partial charge on any atom is -0.425 e. The third kappa shape index (κ3) is 2.79. The third-order valence-electron chi connectivity index (χ3n) is 2.75. The van der Waals surface area contributed by atoms with E-state index in [0.717, 1.165) is 0 Å². The molecule has 0 aromatic heterocycles. The lowest BCUT2D eigenvalue weighted by Gasteiger charge is -2.23. The Morgan fingerprint density at radius 2 is 2.17 bits per heavy atom. The first-order valence-electron chi connectivity index (χ1n) is 5.40. The molecule has 1 atom stereocenters. The second-order valence-electron chi connectivity index (χ2n) is 4.46. The molecule has 2 rings (SSSR count). The third-order valence-corrected chi connectivity index (χ3v) is 3.52. The Balaban J connectivity index is 2.40. The second-order valence-corrected chi connectivity index (χ2v) is 6.10. The van der Waals surface area contributed by atoms with E-state index in [1.165, 1.54) is 0 Å². The summed E-state index contributed by atoms with van der Waals surface area (Å²) in [4.78, 5) is 29.3. The average molecular weight is 271 g/mol. The van der Waals surface area contributed by atoms with Crippen LogP contribution >= 0.6 is 7.60 Å². The van der Waals surface area contributed by atoms with Crippen molar-refractivity contribution in [3.63, 3.8) is 0 Å². The molecule has 1 aliphatic heterocycles. The van der Waals surface area contributed by atoms with Gasteiger partial charge in [0.05, 0.1) is 6.16 Å². The van der Waals surface area contributed by atoms with Crippen LogP contribution in [0.25, 0.3) is 0 Å². The number of benzene rings is 1. The standard InChI is InChI=1S/C11H14NO5P/c1-6-2-7(5-18(14,15)16)3-8-4-9(12)11(13)17-10(6)8/h2-3,9H,4-5,12H2,1H3,(H2,14,15,16). The number of esters is 1. The normalized spacial score (nSPS) is 19.3. The molecule has 98 valence electrons. The summed E-state index contributed by atoms with van der Waals surface area (Å²) in [6, 6.07) is 2.53. The van der Waals surface area contributed by atoms with E-state index in [0.29, 0.717) is 28.9 Å². The van der Waals surface area contributed by atoms with Gasteiger partial charge in [0.15, 0.2) is 0 Å². The van der Waals surface area contributed by atoms with Crippen LogP contribution in [0.3, 0.4) is 0 Å². The molecule has 0 spiro atoms. The molecule has 1 unspecified atom stereocenters. The minimum absolute atomic E-state index is 0.323. The van der Waals surface area contributed by atoms with Crippen LogP contribution in [0, 0.1) is 6.92 Å². The number of ether oxygens (including phenoxy) is 1. The maximum atomic E-state index is 11.4.